The summed E-state index contributed by atoms with van der Waals surface area (Å²) in [7, 11) is -4.28. The Hall–Kier alpha value is -3.25. The molecule has 2 aromatic rings. The monoisotopic (exact) mass is 500 g/mol. The topological polar surface area (TPSA) is 114 Å². The highest BCUT2D eigenvalue weighted by Gasteiger charge is 2.31. The van der Waals surface area contributed by atoms with Crippen molar-refractivity contribution in [2.45, 2.75) is 37.1 Å². The van der Waals surface area contributed by atoms with Gasteiger partial charge in [0.15, 0.2) is 0 Å². The number of alkyl halides is 3. The van der Waals surface area contributed by atoms with Crippen molar-refractivity contribution in [3.8, 4) is 11.5 Å². The molecule has 0 radical (unpaired) electrons. The van der Waals surface area contributed by atoms with E-state index in [2.05, 4.69) is 14.8 Å². The molecule has 1 aliphatic carbocycles. The van der Waals surface area contributed by atoms with Gasteiger partial charge in [0, 0.05) is 23.7 Å². The second kappa shape index (κ2) is 10.3. The van der Waals surface area contributed by atoms with Crippen molar-refractivity contribution in [1.82, 2.24) is 0 Å². The fourth-order valence-electron chi connectivity index (χ4n) is 3.37. The van der Waals surface area contributed by atoms with Crippen LogP contribution in [0.1, 0.15) is 19.8 Å². The zero-order valence-electron chi connectivity index (χ0n) is 18.0. The van der Waals surface area contributed by atoms with E-state index in [1.165, 1.54) is 30.3 Å². The molecular weight excluding hydrogens is 477 g/mol. The number of carbonyl (C=O) groups excluding carboxylic acids is 1. The number of hydrogen-bond acceptors (Lipinski definition) is 6. The molecule has 12 heteroatoms. The number of aliphatic hydroxyl groups excluding tert-OH is 1. The van der Waals surface area contributed by atoms with Crippen LogP contribution in [0.3, 0.4) is 0 Å². The molecule has 0 saturated heterocycles. The van der Waals surface area contributed by atoms with Gasteiger partial charge in [-0.3, -0.25) is 9.52 Å². The molecule has 0 saturated carbocycles. The molecule has 0 aromatic heterocycles. The molecule has 0 spiro atoms. The zero-order valence-corrected chi connectivity index (χ0v) is 18.8. The summed E-state index contributed by atoms with van der Waals surface area (Å²) in [6, 6.07) is 8.16. The van der Waals surface area contributed by atoms with E-state index >= 15 is 0 Å². The van der Waals surface area contributed by atoms with Gasteiger partial charge in [0.05, 0.1) is 12.3 Å². The number of rotatable bonds is 9. The van der Waals surface area contributed by atoms with E-state index in [0.717, 1.165) is 18.6 Å². The van der Waals surface area contributed by atoms with Gasteiger partial charge in [-0.05, 0) is 44.0 Å². The largest absolute Gasteiger partial charge is 0.573 e. The Morgan fingerprint density at radius 2 is 1.97 bits per heavy atom. The number of ether oxygens (including phenoxy) is 2. The van der Waals surface area contributed by atoms with E-state index < -0.39 is 34.1 Å². The van der Waals surface area contributed by atoms with Gasteiger partial charge in [0.2, 0.25) is 0 Å². The SMILES string of the molecule is CCOc1cc(NC(=O)C(O)C2C=CCC2)ccc1S(=O)(=O)Nc1cccc(OC(F)(F)F)c1. The summed E-state index contributed by atoms with van der Waals surface area (Å²) < 4.78 is 74.6. The van der Waals surface area contributed by atoms with Crippen LogP contribution >= 0.6 is 0 Å². The number of sulfonamides is 1. The number of amides is 1. The second-order valence-corrected chi connectivity index (χ2v) is 9.03. The third kappa shape index (κ3) is 6.64. The lowest BCUT2D eigenvalue weighted by Crippen LogP contribution is -2.33. The van der Waals surface area contributed by atoms with Crippen LogP contribution in [0.25, 0.3) is 0 Å². The summed E-state index contributed by atoms with van der Waals surface area (Å²) in [5.74, 6) is -1.63. The van der Waals surface area contributed by atoms with Gasteiger partial charge in [-0.2, -0.15) is 0 Å². The van der Waals surface area contributed by atoms with Gasteiger partial charge in [0.1, 0.15) is 22.5 Å². The predicted octanol–water partition coefficient (Wildman–Crippen LogP) is 4.05. The molecule has 1 aliphatic rings. The van der Waals surface area contributed by atoms with E-state index in [1.54, 1.807) is 13.0 Å². The normalized spacial score (nSPS) is 16.7. The van der Waals surface area contributed by atoms with E-state index in [0.29, 0.717) is 6.42 Å². The molecule has 0 aliphatic heterocycles. The summed E-state index contributed by atoms with van der Waals surface area (Å²) >= 11 is 0. The Kier molecular flexibility index (Phi) is 7.72. The highest BCUT2D eigenvalue weighted by molar-refractivity contribution is 7.92. The summed E-state index contributed by atoms with van der Waals surface area (Å²) in [4.78, 5) is 12.1. The molecule has 3 N–H and O–H groups in total. The second-order valence-electron chi connectivity index (χ2n) is 7.38. The van der Waals surface area contributed by atoms with Crippen LogP contribution < -0.4 is 19.5 Å². The standard InChI is InChI=1S/C22H23F3N2O6S/c1-2-32-18-13-15(26-21(29)20(28)14-6-3-4-7-14)10-11-19(18)34(30,31)27-16-8-5-9-17(12-16)33-22(23,24)25/h3,5-6,8-14,20,27-28H,2,4,7H2,1H3,(H,26,29). The van der Waals surface area contributed by atoms with E-state index in [-0.39, 0.29) is 34.5 Å². The number of allylic oxidation sites excluding steroid dienone is 1. The number of aliphatic hydroxyl groups is 1. The lowest BCUT2D eigenvalue weighted by molar-refractivity contribution is -0.274. The van der Waals surface area contributed by atoms with Crippen molar-refractivity contribution < 1.29 is 41.0 Å². The Morgan fingerprint density at radius 3 is 2.62 bits per heavy atom. The van der Waals surface area contributed by atoms with Gasteiger partial charge < -0.3 is 19.9 Å². The minimum atomic E-state index is -4.93. The third-order valence-corrected chi connectivity index (χ3v) is 6.27. The number of nitrogens with one attached hydrogen (secondary N) is 2. The quantitative estimate of drug-likeness (QED) is 0.448. The number of hydrogen-bond donors (Lipinski definition) is 3. The Bertz CT molecular complexity index is 1170. The Labute approximate surface area is 194 Å². The first kappa shape index (κ1) is 25.4. The first-order chi connectivity index (χ1) is 16.0. The van der Waals surface area contributed by atoms with Crippen molar-refractivity contribution in [1.29, 1.82) is 0 Å². The van der Waals surface area contributed by atoms with Crippen LogP contribution in [0.2, 0.25) is 0 Å². The van der Waals surface area contributed by atoms with Crippen LogP contribution in [0.4, 0.5) is 24.5 Å². The number of halogens is 3. The van der Waals surface area contributed by atoms with Gasteiger partial charge in [0.25, 0.3) is 15.9 Å². The molecule has 8 nitrogen and oxygen atoms in total. The number of anilines is 2. The average Bonchev–Trinajstić information content (AvgIpc) is 3.27. The van der Waals surface area contributed by atoms with Crippen LogP contribution in [0.5, 0.6) is 11.5 Å². The Morgan fingerprint density at radius 1 is 1.21 bits per heavy atom. The van der Waals surface area contributed by atoms with Crippen LogP contribution in [-0.4, -0.2) is 38.5 Å². The van der Waals surface area contributed by atoms with Crippen LogP contribution in [0.15, 0.2) is 59.5 Å². The van der Waals surface area contributed by atoms with Gasteiger partial charge in [-0.25, -0.2) is 8.42 Å². The van der Waals surface area contributed by atoms with Crippen LogP contribution in [-0.2, 0) is 14.8 Å². The molecule has 0 heterocycles. The summed E-state index contributed by atoms with van der Waals surface area (Å²) in [5, 5.41) is 12.7. The maximum absolute atomic E-state index is 12.9. The smallest absolute Gasteiger partial charge is 0.492 e. The molecule has 1 amide bonds. The van der Waals surface area contributed by atoms with Crippen molar-refractivity contribution >= 4 is 27.3 Å². The lowest BCUT2D eigenvalue weighted by atomic mass is 10.0. The van der Waals surface area contributed by atoms with Crippen LogP contribution in [0, 0.1) is 5.92 Å². The Balaban J connectivity index is 1.80. The molecule has 3 rings (SSSR count). The fraction of sp³-hybridized carbons (Fsp3) is 0.318. The van der Waals surface area contributed by atoms with Gasteiger partial charge in [-0.1, -0.05) is 18.2 Å². The van der Waals surface area contributed by atoms with E-state index in [9.17, 15) is 31.5 Å². The molecule has 0 fully saturated rings. The zero-order chi connectivity index (χ0) is 24.9. The first-order valence-electron chi connectivity index (χ1n) is 10.3. The molecule has 34 heavy (non-hydrogen) atoms. The number of benzene rings is 2. The predicted molar refractivity (Wildman–Crippen MR) is 118 cm³/mol. The fourth-order valence-corrected chi connectivity index (χ4v) is 4.55. The van der Waals surface area contributed by atoms with Crippen molar-refractivity contribution in [2.24, 2.45) is 5.92 Å². The highest BCUT2D eigenvalue weighted by Crippen LogP contribution is 2.31. The molecule has 2 atom stereocenters. The van der Waals surface area contributed by atoms with Crippen molar-refractivity contribution in [2.75, 3.05) is 16.6 Å². The maximum Gasteiger partial charge on any atom is 0.573 e. The minimum Gasteiger partial charge on any atom is -0.492 e. The van der Waals surface area contributed by atoms with Crippen molar-refractivity contribution in [3.05, 3.63) is 54.6 Å². The molecular formula is C22H23F3N2O6S. The number of carbonyl (C=O) groups is 1. The molecule has 0 bridgehead atoms. The summed E-state index contributed by atoms with van der Waals surface area (Å²) in [5.41, 5.74) is 0.0447. The maximum atomic E-state index is 12.9. The first-order valence-corrected chi connectivity index (χ1v) is 11.8. The summed E-state index contributed by atoms with van der Waals surface area (Å²) in [6.45, 7) is 1.73. The van der Waals surface area contributed by atoms with Gasteiger partial charge >= 0.3 is 6.36 Å². The van der Waals surface area contributed by atoms with E-state index in [4.69, 9.17) is 4.74 Å². The summed E-state index contributed by atoms with van der Waals surface area (Å²) in [6.07, 6.45) is -1.12. The molecule has 2 aromatic carbocycles. The molecule has 2 unspecified atom stereocenters. The average molecular weight is 500 g/mol. The van der Waals surface area contributed by atoms with Gasteiger partial charge in [-0.15, -0.1) is 13.2 Å². The van der Waals surface area contributed by atoms with Crippen molar-refractivity contribution in [3.63, 3.8) is 0 Å². The highest BCUT2D eigenvalue weighted by atomic mass is 32.2. The van der Waals surface area contributed by atoms with E-state index in [1.807, 2.05) is 6.08 Å². The lowest BCUT2D eigenvalue weighted by Gasteiger charge is -2.18. The minimum absolute atomic E-state index is 0.0919. The molecule has 184 valence electrons. The third-order valence-electron chi connectivity index (χ3n) is 4.84.